The van der Waals surface area contributed by atoms with E-state index in [1.807, 2.05) is 13.0 Å². The Bertz CT molecular complexity index is 1030. The van der Waals surface area contributed by atoms with Gasteiger partial charge in [0.2, 0.25) is 11.0 Å². The third-order valence-electron chi connectivity index (χ3n) is 3.50. The molecule has 0 aliphatic carbocycles. The topological polar surface area (TPSA) is 84.0 Å². The molecule has 0 radical (unpaired) electrons. The Balaban J connectivity index is 1.52. The summed E-state index contributed by atoms with van der Waals surface area (Å²) in [4.78, 5) is 24.3. The predicted molar refractivity (Wildman–Crippen MR) is 115 cm³/mol. The maximum atomic E-state index is 12.2. The van der Waals surface area contributed by atoms with Gasteiger partial charge in [-0.05, 0) is 42.8 Å². The molecule has 3 aromatic rings. The highest BCUT2D eigenvalue weighted by Gasteiger charge is 2.12. The number of benzene rings is 2. The van der Waals surface area contributed by atoms with E-state index >= 15 is 0 Å². The van der Waals surface area contributed by atoms with Crippen LogP contribution < -0.4 is 10.6 Å². The van der Waals surface area contributed by atoms with Gasteiger partial charge in [0, 0.05) is 21.3 Å². The first-order valence-electron chi connectivity index (χ1n) is 8.00. The smallest absolute Gasteiger partial charge is 0.257 e. The van der Waals surface area contributed by atoms with Crippen LogP contribution in [0.1, 0.15) is 15.9 Å². The molecule has 0 spiro atoms. The summed E-state index contributed by atoms with van der Waals surface area (Å²) in [6, 6.07) is 11.9. The monoisotopic (exact) mass is 452 g/mol. The average Bonchev–Trinajstić information content (AvgIpc) is 3.10. The highest BCUT2D eigenvalue weighted by molar-refractivity contribution is 8.01. The third-order valence-corrected chi connectivity index (χ3v) is 6.11. The summed E-state index contributed by atoms with van der Waals surface area (Å²) in [5, 5.41) is 14.7. The van der Waals surface area contributed by atoms with E-state index in [1.165, 1.54) is 23.1 Å². The first kappa shape index (κ1) is 20.6. The minimum absolute atomic E-state index is 0.155. The van der Waals surface area contributed by atoms with Crippen LogP contribution in [0.2, 0.25) is 10.0 Å². The van der Waals surface area contributed by atoms with Crippen LogP contribution in [-0.4, -0.2) is 27.8 Å². The molecule has 6 nitrogen and oxygen atoms in total. The standard InChI is InChI=1S/C18H14Cl2N4O2S2/c1-10-5-6-13(8-14(10)20)21-15(25)9-27-18-24-23-17(28-18)22-16(26)11-3-2-4-12(19)7-11/h2-8H,9H2,1H3,(H,21,25)(H,22,23,26). The zero-order valence-electron chi connectivity index (χ0n) is 14.5. The maximum absolute atomic E-state index is 12.2. The van der Waals surface area contributed by atoms with Gasteiger partial charge in [-0.2, -0.15) is 0 Å². The summed E-state index contributed by atoms with van der Waals surface area (Å²) in [6.07, 6.45) is 0. The molecule has 0 atom stereocenters. The molecule has 0 bridgehead atoms. The first-order valence-corrected chi connectivity index (χ1v) is 10.6. The van der Waals surface area contributed by atoms with Gasteiger partial charge in [-0.15, -0.1) is 10.2 Å². The van der Waals surface area contributed by atoms with E-state index in [2.05, 4.69) is 20.8 Å². The average molecular weight is 453 g/mol. The summed E-state index contributed by atoms with van der Waals surface area (Å²) in [5.41, 5.74) is 2.00. The van der Waals surface area contributed by atoms with E-state index in [-0.39, 0.29) is 17.6 Å². The van der Waals surface area contributed by atoms with Crippen molar-refractivity contribution in [3.63, 3.8) is 0 Å². The second-order valence-corrected chi connectivity index (χ2v) is 8.68. The summed E-state index contributed by atoms with van der Waals surface area (Å²) in [6.45, 7) is 1.89. The Morgan fingerprint density at radius 1 is 1.11 bits per heavy atom. The van der Waals surface area contributed by atoms with Crippen LogP contribution in [-0.2, 0) is 4.79 Å². The van der Waals surface area contributed by atoms with Gasteiger partial charge < -0.3 is 5.32 Å². The molecule has 2 aromatic carbocycles. The van der Waals surface area contributed by atoms with Gasteiger partial charge in [-0.1, -0.05) is 58.4 Å². The maximum Gasteiger partial charge on any atom is 0.257 e. The molecule has 0 aliphatic rings. The van der Waals surface area contributed by atoms with Crippen LogP contribution in [0.4, 0.5) is 10.8 Å². The molecule has 0 fully saturated rings. The van der Waals surface area contributed by atoms with Crippen molar-refractivity contribution in [2.45, 2.75) is 11.3 Å². The van der Waals surface area contributed by atoms with Crippen LogP contribution in [0.25, 0.3) is 0 Å². The van der Waals surface area contributed by atoms with Crippen LogP contribution in [0.15, 0.2) is 46.8 Å². The quantitative estimate of drug-likeness (QED) is 0.399. The molecule has 2 N–H and O–H groups in total. The zero-order valence-corrected chi connectivity index (χ0v) is 17.7. The van der Waals surface area contributed by atoms with Gasteiger partial charge in [-0.3, -0.25) is 14.9 Å². The number of aryl methyl sites for hydroxylation is 1. The van der Waals surface area contributed by atoms with Gasteiger partial charge in [-0.25, -0.2) is 0 Å². The van der Waals surface area contributed by atoms with E-state index in [0.29, 0.717) is 30.8 Å². The third kappa shape index (κ3) is 5.68. The number of carbonyl (C=O) groups is 2. The van der Waals surface area contributed by atoms with Crippen molar-refractivity contribution in [3.05, 3.63) is 63.6 Å². The van der Waals surface area contributed by atoms with Crippen LogP contribution in [0.3, 0.4) is 0 Å². The molecule has 0 saturated heterocycles. The number of carbonyl (C=O) groups excluding carboxylic acids is 2. The van der Waals surface area contributed by atoms with E-state index in [4.69, 9.17) is 23.2 Å². The van der Waals surface area contributed by atoms with E-state index in [1.54, 1.807) is 36.4 Å². The normalized spacial score (nSPS) is 10.5. The number of anilines is 2. The van der Waals surface area contributed by atoms with Gasteiger partial charge in [0.25, 0.3) is 5.91 Å². The second-order valence-electron chi connectivity index (χ2n) is 5.64. The van der Waals surface area contributed by atoms with Gasteiger partial charge in [0.05, 0.1) is 5.75 Å². The fraction of sp³-hybridized carbons (Fsp3) is 0.111. The number of rotatable bonds is 6. The lowest BCUT2D eigenvalue weighted by atomic mass is 10.2. The van der Waals surface area contributed by atoms with E-state index in [0.717, 1.165) is 5.56 Å². The minimum atomic E-state index is -0.329. The highest BCUT2D eigenvalue weighted by atomic mass is 35.5. The van der Waals surface area contributed by atoms with E-state index in [9.17, 15) is 9.59 Å². The number of nitrogens with one attached hydrogen (secondary N) is 2. The molecule has 10 heteroatoms. The molecule has 0 saturated carbocycles. The van der Waals surface area contributed by atoms with Crippen molar-refractivity contribution in [3.8, 4) is 0 Å². The molecule has 0 aliphatic heterocycles. The van der Waals surface area contributed by atoms with Crippen molar-refractivity contribution in [2.24, 2.45) is 0 Å². The molecular formula is C18H14Cl2N4O2S2. The van der Waals surface area contributed by atoms with Gasteiger partial charge in [0.1, 0.15) is 0 Å². The largest absolute Gasteiger partial charge is 0.325 e. The Morgan fingerprint density at radius 2 is 1.93 bits per heavy atom. The number of hydrogen-bond acceptors (Lipinski definition) is 6. The van der Waals surface area contributed by atoms with Crippen molar-refractivity contribution >= 4 is 68.9 Å². The molecular weight excluding hydrogens is 439 g/mol. The highest BCUT2D eigenvalue weighted by Crippen LogP contribution is 2.26. The Hall–Kier alpha value is -2.13. The minimum Gasteiger partial charge on any atom is -0.325 e. The lowest BCUT2D eigenvalue weighted by Gasteiger charge is -2.06. The fourth-order valence-electron chi connectivity index (χ4n) is 2.11. The van der Waals surface area contributed by atoms with Gasteiger partial charge in [0.15, 0.2) is 4.34 Å². The van der Waals surface area contributed by atoms with Crippen molar-refractivity contribution in [2.75, 3.05) is 16.4 Å². The number of aromatic nitrogens is 2. The molecule has 0 unspecified atom stereocenters. The van der Waals surface area contributed by atoms with E-state index < -0.39 is 0 Å². The lowest BCUT2D eigenvalue weighted by Crippen LogP contribution is -2.13. The summed E-state index contributed by atoms with van der Waals surface area (Å²) in [5.74, 6) is -0.364. The molecule has 28 heavy (non-hydrogen) atoms. The van der Waals surface area contributed by atoms with Crippen molar-refractivity contribution < 1.29 is 9.59 Å². The fourth-order valence-corrected chi connectivity index (χ4v) is 4.03. The SMILES string of the molecule is Cc1ccc(NC(=O)CSc2nnc(NC(=O)c3cccc(Cl)c3)s2)cc1Cl. The number of amides is 2. The molecule has 1 heterocycles. The van der Waals surface area contributed by atoms with Crippen LogP contribution in [0, 0.1) is 6.92 Å². The number of hydrogen-bond donors (Lipinski definition) is 2. The summed E-state index contributed by atoms with van der Waals surface area (Å²) in [7, 11) is 0. The Kier molecular flexibility index (Phi) is 6.90. The number of halogens is 2. The Morgan fingerprint density at radius 3 is 2.68 bits per heavy atom. The lowest BCUT2D eigenvalue weighted by molar-refractivity contribution is -0.113. The molecule has 1 aromatic heterocycles. The van der Waals surface area contributed by atoms with Crippen molar-refractivity contribution in [1.29, 1.82) is 0 Å². The Labute approximate surface area is 179 Å². The summed E-state index contributed by atoms with van der Waals surface area (Å²) < 4.78 is 0.568. The molecule has 2 amide bonds. The van der Waals surface area contributed by atoms with Crippen molar-refractivity contribution in [1.82, 2.24) is 10.2 Å². The number of thioether (sulfide) groups is 1. The first-order chi connectivity index (χ1) is 13.4. The molecule has 144 valence electrons. The predicted octanol–water partition coefficient (Wildman–Crippen LogP) is 5.14. The van der Waals surface area contributed by atoms with Gasteiger partial charge >= 0.3 is 0 Å². The zero-order chi connectivity index (χ0) is 20.1. The summed E-state index contributed by atoms with van der Waals surface area (Å²) >= 11 is 14.4. The molecule has 3 rings (SSSR count). The van der Waals surface area contributed by atoms with Crippen LogP contribution in [0.5, 0.6) is 0 Å². The number of nitrogens with zero attached hydrogens (tertiary/aromatic N) is 2. The van der Waals surface area contributed by atoms with Crippen LogP contribution >= 0.6 is 46.3 Å². The second kappa shape index (κ2) is 9.38.